The molecule has 2 unspecified atom stereocenters. The van der Waals surface area contributed by atoms with Gasteiger partial charge in [0.2, 0.25) is 0 Å². The van der Waals surface area contributed by atoms with E-state index in [1.807, 2.05) is 108 Å². The first-order valence-electron chi connectivity index (χ1n) is 9.03. The number of halogens is 1. The number of hydrogen-bond donors (Lipinski definition) is 1. The van der Waals surface area contributed by atoms with Crippen LogP contribution in [0.3, 0.4) is 0 Å². The van der Waals surface area contributed by atoms with E-state index in [1.54, 1.807) is 0 Å². The van der Waals surface area contributed by atoms with Crippen molar-refractivity contribution < 1.29 is 25.7 Å². The Morgan fingerprint density at radius 2 is 1.24 bits per heavy atom. The van der Waals surface area contributed by atoms with E-state index in [0.717, 1.165) is 16.7 Å². The minimum atomic E-state index is -3.64. The van der Waals surface area contributed by atoms with Gasteiger partial charge in [0.25, 0.3) is 0 Å². The summed E-state index contributed by atoms with van der Waals surface area (Å²) in [6.45, 7) is 0. The van der Waals surface area contributed by atoms with Crippen molar-refractivity contribution in [2.45, 2.75) is 18.5 Å². The van der Waals surface area contributed by atoms with Gasteiger partial charge in [-0.3, -0.25) is 0 Å². The van der Waals surface area contributed by atoms with E-state index in [2.05, 4.69) is 14.4 Å². The Morgan fingerprint density at radius 1 is 0.793 bits per heavy atom. The van der Waals surface area contributed by atoms with Crippen LogP contribution in [0.25, 0.3) is 4.72 Å². The third kappa shape index (κ3) is 7.65. The Balaban J connectivity index is 0.00000145. The summed E-state index contributed by atoms with van der Waals surface area (Å²) in [7, 11) is 0.934. The van der Waals surface area contributed by atoms with Crippen LogP contribution in [0.1, 0.15) is 28.8 Å². The summed E-state index contributed by atoms with van der Waals surface area (Å²) in [4.78, 5) is 0. The summed E-state index contributed by atoms with van der Waals surface area (Å²) in [6, 6.07) is 27.2. The molecule has 155 valence electrons. The van der Waals surface area contributed by atoms with Crippen molar-refractivity contribution in [3.8, 4) is 0 Å². The van der Waals surface area contributed by atoms with Crippen LogP contribution in [0.4, 0.5) is 0 Å². The molecule has 3 aromatic rings. The molecule has 0 radical (unpaired) electrons. The van der Waals surface area contributed by atoms with E-state index < -0.39 is 22.1 Å². The Morgan fingerprint density at radius 3 is 1.76 bits per heavy atom. The molecule has 3 rings (SSSR count). The molecular weight excluding hydrogens is 493 g/mol. The standard InChI is InChI=1S/C22H23N2O2S.ClH.Ru/c23-21(19-12-6-2-7-13-19)22(20-14-8-3-9-15-20)24-27(25,26)17-16-18-10-4-1-5-11-18;;/h1-15,21-22H,16-17,23H2;1H;/q-1;;+1/p-1. The first-order valence-corrected chi connectivity index (χ1v) is 12.9. The summed E-state index contributed by atoms with van der Waals surface area (Å²) in [5.41, 5.74) is 9.04. The molecule has 29 heavy (non-hydrogen) atoms. The SMILES string of the molecule is NC(c1ccccc1)C([N-]S(=O)(=O)CCc1ccccc1)c1ccccc1.[Cl][Ru]. The van der Waals surface area contributed by atoms with Crippen LogP contribution in [0, 0.1) is 0 Å². The molecule has 0 aliphatic carbocycles. The number of rotatable bonds is 8. The van der Waals surface area contributed by atoms with E-state index in [1.165, 1.54) is 0 Å². The van der Waals surface area contributed by atoms with Crippen molar-refractivity contribution in [1.29, 1.82) is 0 Å². The second-order valence-electron chi connectivity index (χ2n) is 6.42. The van der Waals surface area contributed by atoms with Gasteiger partial charge < -0.3 is 10.5 Å². The van der Waals surface area contributed by atoms with Gasteiger partial charge in [0, 0.05) is 11.8 Å². The molecule has 2 atom stereocenters. The Bertz CT molecular complexity index is 942. The van der Waals surface area contributed by atoms with Crippen molar-refractivity contribution >= 4 is 19.7 Å². The number of hydrogen-bond acceptors (Lipinski definition) is 3. The molecule has 0 aliphatic heterocycles. The average Bonchev–Trinajstić information content (AvgIpc) is 2.79. The molecule has 0 amide bonds. The van der Waals surface area contributed by atoms with Crippen LogP contribution in [-0.2, 0) is 33.8 Å². The summed E-state index contributed by atoms with van der Waals surface area (Å²) in [5, 5.41) is 0. The van der Waals surface area contributed by atoms with Gasteiger partial charge in [-0.1, -0.05) is 103 Å². The van der Waals surface area contributed by atoms with Crippen molar-refractivity contribution in [2.75, 3.05) is 5.75 Å². The van der Waals surface area contributed by atoms with Crippen LogP contribution in [0.15, 0.2) is 91.0 Å². The number of benzene rings is 3. The summed E-state index contributed by atoms with van der Waals surface area (Å²) in [5.74, 6) is -0.0398. The van der Waals surface area contributed by atoms with Crippen molar-refractivity contribution in [1.82, 2.24) is 0 Å². The van der Waals surface area contributed by atoms with Crippen LogP contribution in [-0.4, -0.2) is 14.2 Å². The van der Waals surface area contributed by atoms with E-state index in [4.69, 9.17) is 5.73 Å². The van der Waals surface area contributed by atoms with Crippen LogP contribution in [0.5, 0.6) is 0 Å². The summed E-state index contributed by atoms with van der Waals surface area (Å²) >= 11 is 1.82. The molecule has 0 fully saturated rings. The Kier molecular flexibility index (Phi) is 9.99. The normalized spacial score (nSPS) is 13.1. The van der Waals surface area contributed by atoms with E-state index >= 15 is 0 Å². The van der Waals surface area contributed by atoms with Crippen LogP contribution >= 0.6 is 9.69 Å². The van der Waals surface area contributed by atoms with Gasteiger partial charge in [-0.05, 0) is 17.5 Å². The van der Waals surface area contributed by atoms with Gasteiger partial charge in [0.15, 0.2) is 0 Å². The summed E-state index contributed by atoms with van der Waals surface area (Å²) < 4.78 is 29.6. The number of aryl methyl sites for hydroxylation is 1. The van der Waals surface area contributed by atoms with Gasteiger partial charge in [-0.2, -0.15) is 0 Å². The predicted molar refractivity (Wildman–Crippen MR) is 116 cm³/mol. The number of nitrogens with zero attached hydrogens (tertiary/aromatic N) is 1. The third-order valence-corrected chi connectivity index (χ3v) is 5.70. The van der Waals surface area contributed by atoms with Crippen LogP contribution < -0.4 is 5.73 Å². The van der Waals surface area contributed by atoms with E-state index in [0.29, 0.717) is 6.42 Å². The second-order valence-corrected chi connectivity index (χ2v) is 8.20. The quantitative estimate of drug-likeness (QED) is 0.426. The molecule has 0 saturated carbocycles. The minimum absolute atomic E-state index is 0.0398. The fourth-order valence-corrected chi connectivity index (χ4v) is 4.16. The molecule has 0 aromatic heterocycles. The van der Waals surface area contributed by atoms with Gasteiger partial charge in [0.05, 0.1) is 10.0 Å². The molecule has 0 saturated heterocycles. The van der Waals surface area contributed by atoms with Gasteiger partial charge in [0.1, 0.15) is 0 Å². The zero-order chi connectivity index (χ0) is 21.1. The zero-order valence-corrected chi connectivity index (χ0v) is 19.0. The monoisotopic (exact) mass is 516 g/mol. The Hall–Kier alpha value is -1.56. The molecule has 0 bridgehead atoms. The van der Waals surface area contributed by atoms with E-state index in [9.17, 15) is 8.42 Å². The molecule has 7 heteroatoms. The maximum atomic E-state index is 12.7. The average molecular weight is 516 g/mol. The van der Waals surface area contributed by atoms with Crippen molar-refractivity contribution in [2.24, 2.45) is 5.73 Å². The first-order chi connectivity index (χ1) is 14.1. The van der Waals surface area contributed by atoms with Crippen molar-refractivity contribution in [3.63, 3.8) is 0 Å². The molecule has 0 heterocycles. The number of sulfonamides is 1. The van der Waals surface area contributed by atoms with Gasteiger partial charge in [-0.15, -0.1) is 0 Å². The molecule has 0 spiro atoms. The topological polar surface area (TPSA) is 74.3 Å². The third-order valence-electron chi connectivity index (χ3n) is 4.43. The second kappa shape index (κ2) is 12.2. The fraction of sp³-hybridized carbons (Fsp3) is 0.182. The maximum absolute atomic E-state index is 12.7. The molecule has 3 aromatic carbocycles. The van der Waals surface area contributed by atoms with Gasteiger partial charge in [-0.25, -0.2) is 8.42 Å². The molecule has 4 nitrogen and oxygen atoms in total. The van der Waals surface area contributed by atoms with E-state index in [-0.39, 0.29) is 5.75 Å². The fourth-order valence-electron chi connectivity index (χ4n) is 2.96. The number of nitrogens with two attached hydrogens (primary N) is 1. The Labute approximate surface area is 187 Å². The first kappa shape index (κ1) is 23.7. The van der Waals surface area contributed by atoms with Crippen LogP contribution in [0.2, 0.25) is 0 Å². The predicted octanol–water partition coefficient (Wildman–Crippen LogP) is 5.06. The van der Waals surface area contributed by atoms with Gasteiger partial charge >= 0.3 is 27.0 Å². The molecule has 2 N–H and O–H groups in total. The summed E-state index contributed by atoms with van der Waals surface area (Å²) in [6.07, 6.45) is 0.425. The molecular formula is C22H23ClN2O2RuS-. The molecule has 0 aliphatic rings. The zero-order valence-electron chi connectivity index (χ0n) is 15.7. The van der Waals surface area contributed by atoms with Crippen molar-refractivity contribution in [3.05, 3.63) is 112 Å².